The lowest BCUT2D eigenvalue weighted by atomic mass is 9.95. The number of nitrogens with two attached hydrogens (primary N) is 2. The number of aliphatic hydroxyl groups is 1. The average molecular weight is 980 g/mol. The Morgan fingerprint density at radius 1 is 0.710 bits per heavy atom. The summed E-state index contributed by atoms with van der Waals surface area (Å²) in [6.07, 6.45) is 1.21. The van der Waals surface area contributed by atoms with E-state index in [0.29, 0.717) is 45.1 Å². The number of guanidine groups is 1. The van der Waals surface area contributed by atoms with E-state index < -0.39 is 120 Å². The summed E-state index contributed by atoms with van der Waals surface area (Å²) in [6.45, 7) is 14.3. The molecule has 0 aromatic heterocycles. The van der Waals surface area contributed by atoms with Crippen LogP contribution in [0.25, 0.3) is 0 Å². The van der Waals surface area contributed by atoms with Crippen molar-refractivity contribution in [2.45, 2.75) is 162 Å². The van der Waals surface area contributed by atoms with E-state index in [-0.39, 0.29) is 43.7 Å². The molecule has 1 fully saturated rings. The fraction of sp³-hybridized carbons (Fsp3) is 0.756. The molecule has 0 radical (unpaired) electrons. The zero-order chi connectivity index (χ0) is 52.7. The minimum Gasteiger partial charge on any atom is -0.391 e. The molecular weight excluding hydrogens is 899 g/mol. The maximum absolute atomic E-state index is 14.1. The lowest BCUT2D eigenvalue weighted by Gasteiger charge is -2.32. The molecule has 24 nitrogen and oxygen atoms in total. The van der Waals surface area contributed by atoms with Crippen LogP contribution in [0.3, 0.4) is 0 Å². The summed E-state index contributed by atoms with van der Waals surface area (Å²) in [5.74, 6) is -8.00. The van der Waals surface area contributed by atoms with E-state index in [9.17, 15) is 53.1 Å². The van der Waals surface area contributed by atoms with E-state index in [2.05, 4.69) is 47.5 Å². The smallest absolute Gasteiger partial charge is 0.245 e. The second-order valence-corrected chi connectivity index (χ2v) is 18.1. The van der Waals surface area contributed by atoms with Crippen LogP contribution >= 0.6 is 0 Å². The molecule has 392 valence electrons. The summed E-state index contributed by atoms with van der Waals surface area (Å²) in [5, 5.41) is 31.7. The first-order valence-corrected chi connectivity index (χ1v) is 23.9. The highest BCUT2D eigenvalue weighted by molar-refractivity contribution is 5.98. The van der Waals surface area contributed by atoms with Gasteiger partial charge in [0.25, 0.3) is 0 Å². The highest BCUT2D eigenvalue weighted by Gasteiger charge is 2.40. The SMILES string of the molecule is CCC[C@H](NC(=O)[C@@H](NC(=O)[C@H](NC(=O)[C@@H](NC(=O)CNC(=O)CN(C)C(C)=O)C(C)C)[C@@H](C)CC)[C@@H](C)O)C(=O)N[C@H](C(=O)N[C@@H](CCCN=C(N)N)C(=O)N1CCC[C@H]1C(=O)NC)[C@@H](C)CC. The molecule has 1 heterocycles. The van der Waals surface area contributed by atoms with Gasteiger partial charge in [-0.2, -0.15) is 0 Å². The average Bonchev–Trinajstić information content (AvgIpc) is 3.79. The topological polar surface area (TPSA) is 358 Å². The molecule has 1 aliphatic rings. The second kappa shape index (κ2) is 30.4. The van der Waals surface area contributed by atoms with Gasteiger partial charge in [0.05, 0.1) is 19.2 Å². The molecule has 1 saturated heterocycles. The summed E-state index contributed by atoms with van der Waals surface area (Å²) < 4.78 is 0. The highest BCUT2D eigenvalue weighted by Crippen LogP contribution is 2.20. The van der Waals surface area contributed by atoms with Gasteiger partial charge < -0.3 is 68.9 Å². The van der Waals surface area contributed by atoms with Crippen molar-refractivity contribution in [1.29, 1.82) is 0 Å². The molecule has 69 heavy (non-hydrogen) atoms. The van der Waals surface area contributed by atoms with Crippen LogP contribution in [0.15, 0.2) is 4.99 Å². The van der Waals surface area contributed by atoms with Crippen molar-refractivity contribution in [2.75, 3.05) is 40.3 Å². The molecule has 1 aliphatic heterocycles. The summed E-state index contributed by atoms with van der Waals surface area (Å²) >= 11 is 0. The molecule has 10 atom stereocenters. The second-order valence-electron chi connectivity index (χ2n) is 18.1. The number of aliphatic imine (C=N–C) groups is 1. The van der Waals surface area contributed by atoms with Gasteiger partial charge in [-0.25, -0.2) is 0 Å². The van der Waals surface area contributed by atoms with Crippen LogP contribution in [0, 0.1) is 17.8 Å². The number of likely N-dealkylation sites (tertiary alicyclic amines) is 1. The van der Waals surface area contributed by atoms with E-state index in [4.69, 9.17) is 11.5 Å². The molecule has 13 N–H and O–H groups in total. The number of hydrogen-bond acceptors (Lipinski definition) is 12. The number of nitrogens with zero attached hydrogens (tertiary/aromatic N) is 3. The number of nitrogens with one attached hydrogen (secondary N) is 8. The Balaban J connectivity index is 3.29. The minimum atomic E-state index is -1.62. The van der Waals surface area contributed by atoms with Crippen molar-refractivity contribution < 1.29 is 53.1 Å². The Hall–Kier alpha value is -6.07. The number of hydrogen-bond donors (Lipinski definition) is 11. The van der Waals surface area contributed by atoms with Crippen LogP contribution in [-0.2, 0) is 47.9 Å². The van der Waals surface area contributed by atoms with Crippen molar-refractivity contribution >= 4 is 65.0 Å². The van der Waals surface area contributed by atoms with Gasteiger partial charge in [0.15, 0.2) is 5.96 Å². The summed E-state index contributed by atoms with van der Waals surface area (Å²) in [4.78, 5) is 139. The number of likely N-dealkylation sites (N-methyl/N-ethyl adjacent to an activating group) is 2. The predicted molar refractivity (Wildman–Crippen MR) is 257 cm³/mol. The van der Waals surface area contributed by atoms with E-state index in [1.807, 2.05) is 6.92 Å². The molecule has 0 aromatic rings. The van der Waals surface area contributed by atoms with Gasteiger partial charge in [-0.1, -0.05) is 67.7 Å². The number of aliphatic hydroxyl groups excluding tert-OH is 1. The molecular formula is C45H81N13O11. The monoisotopic (exact) mass is 980 g/mol. The van der Waals surface area contributed by atoms with Crippen LogP contribution in [0.1, 0.15) is 114 Å². The van der Waals surface area contributed by atoms with Crippen molar-refractivity contribution in [3.05, 3.63) is 0 Å². The Morgan fingerprint density at radius 3 is 1.74 bits per heavy atom. The van der Waals surface area contributed by atoms with E-state index in [1.54, 1.807) is 41.5 Å². The third kappa shape index (κ3) is 20.2. The summed E-state index contributed by atoms with van der Waals surface area (Å²) in [6, 6.07) is -8.31. The lowest BCUT2D eigenvalue weighted by Crippen LogP contribution is -2.63. The van der Waals surface area contributed by atoms with Crippen molar-refractivity contribution in [2.24, 2.45) is 34.2 Å². The van der Waals surface area contributed by atoms with Gasteiger partial charge >= 0.3 is 0 Å². The lowest BCUT2D eigenvalue weighted by molar-refractivity contribution is -0.142. The van der Waals surface area contributed by atoms with E-state index >= 15 is 0 Å². The molecule has 0 spiro atoms. The zero-order valence-corrected chi connectivity index (χ0v) is 42.4. The molecule has 0 aliphatic carbocycles. The van der Waals surface area contributed by atoms with Crippen molar-refractivity contribution in [3.63, 3.8) is 0 Å². The van der Waals surface area contributed by atoms with Gasteiger partial charge in [-0.05, 0) is 56.8 Å². The van der Waals surface area contributed by atoms with Crippen LogP contribution < -0.4 is 54.0 Å². The Labute approximate surface area is 406 Å². The third-order valence-electron chi connectivity index (χ3n) is 12.1. The van der Waals surface area contributed by atoms with Crippen molar-refractivity contribution in [1.82, 2.24) is 52.3 Å². The van der Waals surface area contributed by atoms with Gasteiger partial charge in [-0.15, -0.1) is 0 Å². The maximum Gasteiger partial charge on any atom is 0.245 e. The minimum absolute atomic E-state index is 0.0850. The molecule has 24 heteroatoms. The van der Waals surface area contributed by atoms with Gasteiger partial charge in [0, 0.05) is 34.1 Å². The van der Waals surface area contributed by atoms with Crippen molar-refractivity contribution in [3.8, 4) is 0 Å². The maximum atomic E-state index is 14.1. The van der Waals surface area contributed by atoms with Crippen LogP contribution in [0.4, 0.5) is 0 Å². The first-order chi connectivity index (χ1) is 32.3. The number of rotatable bonds is 29. The van der Waals surface area contributed by atoms with E-state index in [1.165, 1.54) is 32.8 Å². The van der Waals surface area contributed by atoms with E-state index in [0.717, 1.165) is 4.90 Å². The third-order valence-corrected chi connectivity index (χ3v) is 12.1. The summed E-state index contributed by atoms with van der Waals surface area (Å²) in [5.41, 5.74) is 11.0. The molecule has 0 saturated carbocycles. The fourth-order valence-electron chi connectivity index (χ4n) is 7.38. The molecule has 0 bridgehead atoms. The molecule has 1 rings (SSSR count). The first kappa shape index (κ1) is 60.9. The van der Waals surface area contributed by atoms with Crippen LogP contribution in [-0.4, -0.2) is 169 Å². The number of carbonyl (C=O) groups is 10. The van der Waals surface area contributed by atoms with Crippen LogP contribution in [0.2, 0.25) is 0 Å². The predicted octanol–water partition coefficient (Wildman–Crippen LogP) is -2.79. The molecule has 0 unspecified atom stereocenters. The quantitative estimate of drug-likeness (QED) is 0.0206. The first-order valence-electron chi connectivity index (χ1n) is 23.9. The van der Waals surface area contributed by atoms with Gasteiger partial charge in [-0.3, -0.25) is 52.9 Å². The molecule has 10 amide bonds. The number of carbonyl (C=O) groups excluding carboxylic acids is 10. The standard InChI is InChI=1S/C45H81N13O11/c1-12-17-29(38(63)54-35(25(6)13-2)41(66)52-30(18-15-20-49-45(46)47)44(69)58-21-16-19-31(58)39(64)48-10)51-43(68)37(27(8)59)56-42(67)36(26(7)14-3)55-40(65)34(24(4)5)53-32(61)22-50-33(62)23-57(11)28(9)60/h24-27,29-31,34-37,59H,12-23H2,1-11H3,(H,48,64)(H,50,62)(H,51,68)(H,52,66)(H,53,61)(H,54,63)(H,55,65)(H,56,67)(H4,46,47,49)/t25-,26-,27+,29-,30-,31-,34-,35-,36+,37-/m0/s1. The normalized spacial score (nSPS) is 17.2. The van der Waals surface area contributed by atoms with Gasteiger partial charge in [0.2, 0.25) is 59.1 Å². The Bertz CT molecular complexity index is 1810. The number of amides is 10. The zero-order valence-electron chi connectivity index (χ0n) is 42.4. The van der Waals surface area contributed by atoms with Gasteiger partial charge in [0.1, 0.15) is 42.3 Å². The Morgan fingerprint density at radius 2 is 1.23 bits per heavy atom. The fourth-order valence-corrected chi connectivity index (χ4v) is 7.38. The van der Waals surface area contributed by atoms with Crippen LogP contribution in [0.5, 0.6) is 0 Å². The Kier molecular flexibility index (Phi) is 26.9. The summed E-state index contributed by atoms with van der Waals surface area (Å²) in [7, 11) is 2.90. The largest absolute Gasteiger partial charge is 0.391 e. The molecule has 0 aromatic carbocycles. The highest BCUT2D eigenvalue weighted by atomic mass is 16.3.